The summed E-state index contributed by atoms with van der Waals surface area (Å²) in [5.41, 5.74) is 1.50. The van der Waals surface area contributed by atoms with Gasteiger partial charge in [0.05, 0.1) is 24.5 Å². The Hall–Kier alpha value is -2.50. The third-order valence-electron chi connectivity index (χ3n) is 3.19. The number of nitrogens with one attached hydrogen (secondary N) is 2. The van der Waals surface area contributed by atoms with Gasteiger partial charge in [-0.1, -0.05) is 41.3 Å². The molecule has 0 fully saturated rings. The average molecular weight is 436 g/mol. The molecule has 0 aliphatic rings. The fourth-order valence-electron chi connectivity index (χ4n) is 2.05. The van der Waals surface area contributed by atoms with E-state index >= 15 is 0 Å². The number of rotatable bonds is 9. The van der Waals surface area contributed by atoms with Gasteiger partial charge in [0.25, 0.3) is 0 Å². The van der Waals surface area contributed by atoms with Gasteiger partial charge in [-0.25, -0.2) is 4.98 Å². The van der Waals surface area contributed by atoms with Crippen LogP contribution in [-0.4, -0.2) is 39.4 Å². The number of thiazole rings is 1. The monoisotopic (exact) mass is 435 g/mol. The number of benzene rings is 1. The van der Waals surface area contributed by atoms with Gasteiger partial charge in [0.15, 0.2) is 9.47 Å². The molecule has 3 rings (SSSR count). The SMILES string of the molecule is CCOC(=O)Cc1csc(NC(=O)CSc2nnc(Nc3ccccc3)s2)n1. The third-order valence-corrected chi connectivity index (χ3v) is 5.97. The Kier molecular flexibility index (Phi) is 7.34. The average Bonchev–Trinajstić information content (AvgIpc) is 3.30. The highest BCUT2D eigenvalue weighted by molar-refractivity contribution is 8.01. The lowest BCUT2D eigenvalue weighted by Gasteiger charge is -2.00. The molecule has 146 valence electrons. The van der Waals surface area contributed by atoms with Crippen molar-refractivity contribution in [3.05, 3.63) is 41.4 Å². The first-order valence-corrected chi connectivity index (χ1v) is 11.0. The van der Waals surface area contributed by atoms with Crippen LogP contribution in [0.4, 0.5) is 16.0 Å². The molecule has 0 spiro atoms. The number of anilines is 3. The molecule has 0 saturated carbocycles. The van der Waals surface area contributed by atoms with E-state index in [2.05, 4.69) is 25.8 Å². The Bertz CT molecular complexity index is 929. The quantitative estimate of drug-likeness (QED) is 0.388. The first-order chi connectivity index (χ1) is 13.6. The number of carbonyl (C=O) groups is 2. The van der Waals surface area contributed by atoms with Crippen LogP contribution in [0.2, 0.25) is 0 Å². The number of amides is 1. The summed E-state index contributed by atoms with van der Waals surface area (Å²) in [7, 11) is 0. The van der Waals surface area contributed by atoms with Crippen LogP contribution in [0, 0.1) is 0 Å². The third kappa shape index (κ3) is 6.29. The summed E-state index contributed by atoms with van der Waals surface area (Å²) in [6.07, 6.45) is 0.0942. The maximum absolute atomic E-state index is 12.1. The van der Waals surface area contributed by atoms with Gasteiger partial charge < -0.3 is 15.4 Å². The number of nitrogens with zero attached hydrogens (tertiary/aromatic N) is 3. The zero-order valence-corrected chi connectivity index (χ0v) is 17.3. The lowest BCUT2D eigenvalue weighted by atomic mass is 10.3. The second-order valence-corrected chi connectivity index (χ2v) is 8.38. The second-order valence-electron chi connectivity index (χ2n) is 5.33. The Balaban J connectivity index is 1.44. The van der Waals surface area contributed by atoms with Gasteiger partial charge >= 0.3 is 5.97 Å². The van der Waals surface area contributed by atoms with E-state index in [0.29, 0.717) is 26.9 Å². The molecule has 28 heavy (non-hydrogen) atoms. The minimum absolute atomic E-state index is 0.0942. The molecular weight excluding hydrogens is 418 g/mol. The second kappa shape index (κ2) is 10.2. The number of aromatic nitrogens is 3. The Morgan fingerprint density at radius 2 is 2.00 bits per heavy atom. The highest BCUT2D eigenvalue weighted by Gasteiger charge is 2.12. The predicted octanol–water partition coefficient (Wildman–Crippen LogP) is 3.57. The highest BCUT2D eigenvalue weighted by Crippen LogP contribution is 2.27. The summed E-state index contributed by atoms with van der Waals surface area (Å²) in [5.74, 6) is -0.348. The van der Waals surface area contributed by atoms with Gasteiger partial charge in [0, 0.05) is 11.1 Å². The molecule has 3 aromatic rings. The van der Waals surface area contributed by atoms with Crippen molar-refractivity contribution in [2.45, 2.75) is 17.7 Å². The van der Waals surface area contributed by atoms with Crippen molar-refractivity contribution in [1.29, 1.82) is 0 Å². The molecule has 2 aromatic heterocycles. The summed E-state index contributed by atoms with van der Waals surface area (Å²) >= 11 is 3.95. The molecule has 2 heterocycles. The molecule has 2 N–H and O–H groups in total. The Labute approximate surface area is 173 Å². The molecule has 0 saturated heterocycles. The van der Waals surface area contributed by atoms with Gasteiger partial charge in [0.2, 0.25) is 11.0 Å². The molecule has 1 amide bonds. The van der Waals surface area contributed by atoms with Crippen molar-refractivity contribution in [2.24, 2.45) is 0 Å². The largest absolute Gasteiger partial charge is 0.466 e. The maximum Gasteiger partial charge on any atom is 0.311 e. The summed E-state index contributed by atoms with van der Waals surface area (Å²) < 4.78 is 5.57. The zero-order chi connectivity index (χ0) is 19.8. The van der Waals surface area contributed by atoms with Crippen molar-refractivity contribution < 1.29 is 14.3 Å². The molecule has 0 radical (unpaired) electrons. The van der Waals surface area contributed by atoms with Crippen molar-refractivity contribution in [1.82, 2.24) is 15.2 Å². The van der Waals surface area contributed by atoms with E-state index in [1.165, 1.54) is 34.4 Å². The molecule has 0 bridgehead atoms. The van der Waals surface area contributed by atoms with Crippen LogP contribution in [0.3, 0.4) is 0 Å². The predicted molar refractivity (Wildman–Crippen MR) is 111 cm³/mol. The molecular formula is C17H17N5O3S3. The van der Waals surface area contributed by atoms with Crippen molar-refractivity contribution in [2.75, 3.05) is 23.0 Å². The van der Waals surface area contributed by atoms with Crippen LogP contribution in [0.25, 0.3) is 0 Å². The van der Waals surface area contributed by atoms with Crippen LogP contribution >= 0.6 is 34.4 Å². The molecule has 11 heteroatoms. The van der Waals surface area contributed by atoms with E-state index in [1.807, 2.05) is 30.3 Å². The van der Waals surface area contributed by atoms with Crippen LogP contribution in [-0.2, 0) is 20.7 Å². The number of thioether (sulfide) groups is 1. The molecule has 0 unspecified atom stereocenters. The Morgan fingerprint density at radius 1 is 1.18 bits per heavy atom. The first-order valence-electron chi connectivity index (χ1n) is 8.30. The van der Waals surface area contributed by atoms with E-state index < -0.39 is 0 Å². The standard InChI is InChI=1S/C17H17N5O3S3/c1-2-25-14(24)8-12-9-26-15(19-12)20-13(23)10-27-17-22-21-16(28-17)18-11-6-4-3-5-7-11/h3-7,9H,2,8,10H2,1H3,(H,18,21)(H,19,20,23). The van der Waals surface area contributed by atoms with Crippen LogP contribution in [0.1, 0.15) is 12.6 Å². The number of hydrogen-bond donors (Lipinski definition) is 2. The van der Waals surface area contributed by atoms with Crippen LogP contribution in [0.5, 0.6) is 0 Å². The molecule has 8 nitrogen and oxygen atoms in total. The number of ether oxygens (including phenoxy) is 1. The number of esters is 1. The fraction of sp³-hybridized carbons (Fsp3) is 0.235. The summed E-state index contributed by atoms with van der Waals surface area (Å²) in [5, 5.41) is 16.9. The smallest absolute Gasteiger partial charge is 0.311 e. The minimum atomic E-state index is -0.336. The highest BCUT2D eigenvalue weighted by atomic mass is 32.2. The van der Waals surface area contributed by atoms with Crippen molar-refractivity contribution in [3.8, 4) is 0 Å². The topological polar surface area (TPSA) is 106 Å². The minimum Gasteiger partial charge on any atom is -0.466 e. The molecule has 1 aromatic carbocycles. The van der Waals surface area contributed by atoms with Crippen LogP contribution < -0.4 is 10.6 Å². The normalized spacial score (nSPS) is 10.5. The lowest BCUT2D eigenvalue weighted by molar-refractivity contribution is -0.142. The van der Waals surface area contributed by atoms with Gasteiger partial charge in [-0.2, -0.15) is 0 Å². The van der Waals surface area contributed by atoms with Crippen LogP contribution in [0.15, 0.2) is 40.1 Å². The maximum atomic E-state index is 12.1. The summed E-state index contributed by atoms with van der Waals surface area (Å²) in [4.78, 5) is 27.8. The number of para-hydroxylation sites is 1. The van der Waals surface area contributed by atoms with E-state index in [9.17, 15) is 9.59 Å². The van der Waals surface area contributed by atoms with E-state index in [4.69, 9.17) is 4.74 Å². The number of carbonyl (C=O) groups excluding carboxylic acids is 2. The fourth-order valence-corrected chi connectivity index (χ4v) is 4.35. The van der Waals surface area contributed by atoms with Gasteiger partial charge in [-0.3, -0.25) is 9.59 Å². The van der Waals surface area contributed by atoms with E-state index in [1.54, 1.807) is 12.3 Å². The van der Waals surface area contributed by atoms with Crippen molar-refractivity contribution in [3.63, 3.8) is 0 Å². The zero-order valence-electron chi connectivity index (χ0n) is 14.9. The van der Waals surface area contributed by atoms with Gasteiger partial charge in [-0.15, -0.1) is 21.5 Å². The Morgan fingerprint density at radius 3 is 2.79 bits per heavy atom. The number of hydrogen-bond acceptors (Lipinski definition) is 10. The lowest BCUT2D eigenvalue weighted by Crippen LogP contribution is -2.14. The molecule has 0 aliphatic heterocycles. The molecule has 0 aliphatic carbocycles. The van der Waals surface area contributed by atoms with Gasteiger partial charge in [0.1, 0.15) is 0 Å². The van der Waals surface area contributed by atoms with E-state index in [-0.39, 0.29) is 24.1 Å². The molecule has 0 atom stereocenters. The summed E-state index contributed by atoms with van der Waals surface area (Å²) in [6.45, 7) is 2.08. The van der Waals surface area contributed by atoms with E-state index in [0.717, 1.165) is 5.69 Å². The van der Waals surface area contributed by atoms with Crippen molar-refractivity contribution >= 4 is 62.3 Å². The first kappa shape index (κ1) is 20.2. The van der Waals surface area contributed by atoms with Gasteiger partial charge in [-0.05, 0) is 19.1 Å². The summed E-state index contributed by atoms with van der Waals surface area (Å²) in [6, 6.07) is 9.67.